The molecule has 0 saturated heterocycles. The van der Waals surface area contributed by atoms with Gasteiger partial charge in [-0.3, -0.25) is 4.21 Å². The van der Waals surface area contributed by atoms with E-state index in [0.29, 0.717) is 6.42 Å². The number of nitriles is 1. The summed E-state index contributed by atoms with van der Waals surface area (Å²) in [5.74, 6) is 1.46. The number of nitrogens with zero attached hydrogens (tertiary/aromatic N) is 1. The van der Waals surface area contributed by atoms with Gasteiger partial charge >= 0.3 is 0 Å². The van der Waals surface area contributed by atoms with Gasteiger partial charge in [0.15, 0.2) is 0 Å². The van der Waals surface area contributed by atoms with Gasteiger partial charge in [0.1, 0.15) is 0 Å². The summed E-state index contributed by atoms with van der Waals surface area (Å²) in [5.41, 5.74) is 0. The lowest BCUT2D eigenvalue weighted by Gasteiger charge is -2.01. The fraction of sp³-hybridized carbons (Fsp3) is 0.875. The second kappa shape index (κ2) is 8.69. The number of unbranched alkanes of at least 4 members (excludes halogenated alkanes) is 1. The van der Waals surface area contributed by atoms with Crippen LogP contribution in [0.5, 0.6) is 0 Å². The van der Waals surface area contributed by atoms with Crippen molar-refractivity contribution < 1.29 is 4.21 Å². The standard InChI is InChI=1S/C8H16N2OS/c1-2-12(11)8-7-10-6-4-3-5-9/h10H,2-4,6-8H2,1H3. The van der Waals surface area contributed by atoms with Crippen LogP contribution < -0.4 is 5.32 Å². The molecule has 0 aliphatic heterocycles. The summed E-state index contributed by atoms with van der Waals surface area (Å²) >= 11 is 0. The molecule has 0 aromatic carbocycles. The van der Waals surface area contributed by atoms with Gasteiger partial charge in [-0.15, -0.1) is 0 Å². The molecule has 4 heteroatoms. The van der Waals surface area contributed by atoms with Gasteiger partial charge in [-0.1, -0.05) is 6.92 Å². The van der Waals surface area contributed by atoms with Gasteiger partial charge in [-0.05, 0) is 13.0 Å². The van der Waals surface area contributed by atoms with Crippen LogP contribution in [0.1, 0.15) is 19.8 Å². The molecule has 70 valence electrons. The van der Waals surface area contributed by atoms with E-state index in [1.165, 1.54) is 0 Å². The largest absolute Gasteiger partial charge is 0.316 e. The van der Waals surface area contributed by atoms with E-state index in [-0.39, 0.29) is 0 Å². The van der Waals surface area contributed by atoms with Crippen LogP contribution in [0.4, 0.5) is 0 Å². The van der Waals surface area contributed by atoms with Gasteiger partial charge in [0.05, 0.1) is 6.07 Å². The van der Waals surface area contributed by atoms with Gasteiger partial charge in [0.2, 0.25) is 0 Å². The topological polar surface area (TPSA) is 52.9 Å². The van der Waals surface area contributed by atoms with Crippen LogP contribution in [-0.4, -0.2) is 28.8 Å². The summed E-state index contributed by atoms with van der Waals surface area (Å²) < 4.78 is 10.9. The third-order valence-electron chi connectivity index (χ3n) is 1.47. The van der Waals surface area contributed by atoms with Crippen molar-refractivity contribution >= 4 is 10.8 Å². The Bertz CT molecular complexity index is 165. The summed E-state index contributed by atoms with van der Waals surface area (Å²) in [6, 6.07) is 2.08. The molecule has 1 N–H and O–H groups in total. The minimum Gasteiger partial charge on any atom is -0.316 e. The Kier molecular flexibility index (Phi) is 8.40. The molecule has 0 rings (SSSR count). The van der Waals surface area contributed by atoms with Crippen molar-refractivity contribution in [3.63, 3.8) is 0 Å². The number of nitrogens with one attached hydrogen (secondary N) is 1. The van der Waals surface area contributed by atoms with E-state index >= 15 is 0 Å². The molecule has 0 fully saturated rings. The van der Waals surface area contributed by atoms with Crippen LogP contribution in [0, 0.1) is 11.3 Å². The van der Waals surface area contributed by atoms with Crippen molar-refractivity contribution in [3.8, 4) is 6.07 Å². The molecule has 3 nitrogen and oxygen atoms in total. The summed E-state index contributed by atoms with van der Waals surface area (Å²) in [6.45, 7) is 3.58. The van der Waals surface area contributed by atoms with Gasteiger partial charge in [0.25, 0.3) is 0 Å². The first-order valence-corrected chi connectivity index (χ1v) is 5.72. The molecule has 0 aromatic rings. The minimum absolute atomic E-state index is 0.601. The number of hydrogen-bond acceptors (Lipinski definition) is 3. The third-order valence-corrected chi connectivity index (χ3v) is 2.77. The van der Waals surface area contributed by atoms with Crippen molar-refractivity contribution in [2.75, 3.05) is 24.6 Å². The van der Waals surface area contributed by atoms with E-state index in [9.17, 15) is 4.21 Å². The first kappa shape index (κ1) is 11.6. The lowest BCUT2D eigenvalue weighted by atomic mass is 10.3. The van der Waals surface area contributed by atoms with E-state index in [2.05, 4.69) is 11.4 Å². The predicted octanol–water partition coefficient (Wildman–Crippen LogP) is 0.648. The highest BCUT2D eigenvalue weighted by Gasteiger charge is 1.93. The van der Waals surface area contributed by atoms with Crippen LogP contribution in [-0.2, 0) is 10.8 Å². The van der Waals surface area contributed by atoms with Crippen molar-refractivity contribution in [1.82, 2.24) is 5.32 Å². The van der Waals surface area contributed by atoms with Crippen LogP contribution >= 0.6 is 0 Å². The molecule has 0 amide bonds. The first-order chi connectivity index (χ1) is 5.81. The minimum atomic E-state index is -0.662. The highest BCUT2D eigenvalue weighted by Crippen LogP contribution is 1.83. The summed E-state index contributed by atoms with van der Waals surface area (Å²) in [5, 5.41) is 11.4. The normalized spacial score (nSPS) is 12.3. The molecule has 1 unspecified atom stereocenters. The Balaban J connectivity index is 3.01. The molecule has 0 aromatic heterocycles. The van der Waals surface area contributed by atoms with Gasteiger partial charge < -0.3 is 5.32 Å². The predicted molar refractivity (Wildman–Crippen MR) is 51.3 cm³/mol. The fourth-order valence-electron chi connectivity index (χ4n) is 0.748. The third kappa shape index (κ3) is 7.70. The van der Waals surface area contributed by atoms with Crippen LogP contribution in [0.2, 0.25) is 0 Å². The second-order valence-electron chi connectivity index (χ2n) is 2.44. The summed E-state index contributed by atoms with van der Waals surface area (Å²) in [7, 11) is -0.662. The lowest BCUT2D eigenvalue weighted by Crippen LogP contribution is -2.21. The van der Waals surface area contributed by atoms with Crippen LogP contribution in [0.25, 0.3) is 0 Å². The maximum atomic E-state index is 10.9. The van der Waals surface area contributed by atoms with Gasteiger partial charge in [0, 0.05) is 35.3 Å². The van der Waals surface area contributed by atoms with E-state index < -0.39 is 10.8 Å². The fourth-order valence-corrected chi connectivity index (χ4v) is 1.41. The Morgan fingerprint density at radius 2 is 2.25 bits per heavy atom. The van der Waals surface area contributed by atoms with Crippen LogP contribution in [0.3, 0.4) is 0 Å². The highest BCUT2D eigenvalue weighted by molar-refractivity contribution is 7.84. The van der Waals surface area contributed by atoms with Gasteiger partial charge in [-0.2, -0.15) is 5.26 Å². The maximum Gasteiger partial charge on any atom is 0.0622 e. The summed E-state index contributed by atoms with van der Waals surface area (Å²) in [4.78, 5) is 0. The van der Waals surface area contributed by atoms with E-state index in [0.717, 1.165) is 31.0 Å². The average molecular weight is 188 g/mol. The SMILES string of the molecule is CCS(=O)CCNCCCC#N. The van der Waals surface area contributed by atoms with Crippen molar-refractivity contribution in [1.29, 1.82) is 5.26 Å². The molecule has 12 heavy (non-hydrogen) atoms. The average Bonchev–Trinajstić information content (AvgIpc) is 2.10. The second-order valence-corrected chi connectivity index (χ2v) is 4.31. The molecule has 0 aliphatic carbocycles. The van der Waals surface area contributed by atoms with E-state index in [1.807, 2.05) is 6.92 Å². The zero-order valence-electron chi connectivity index (χ0n) is 7.51. The lowest BCUT2D eigenvalue weighted by molar-refractivity contribution is 0.663. The molecule has 0 saturated carbocycles. The summed E-state index contributed by atoms with van der Waals surface area (Å²) in [6.07, 6.45) is 1.49. The first-order valence-electron chi connectivity index (χ1n) is 4.24. The Morgan fingerprint density at radius 3 is 2.83 bits per heavy atom. The molecule has 0 radical (unpaired) electrons. The Labute approximate surface area is 76.6 Å². The van der Waals surface area contributed by atoms with E-state index in [1.54, 1.807) is 0 Å². The van der Waals surface area contributed by atoms with Gasteiger partial charge in [-0.25, -0.2) is 0 Å². The van der Waals surface area contributed by atoms with Crippen molar-refractivity contribution in [3.05, 3.63) is 0 Å². The molecule has 1 atom stereocenters. The van der Waals surface area contributed by atoms with Crippen molar-refractivity contribution in [2.45, 2.75) is 19.8 Å². The zero-order chi connectivity index (χ0) is 9.23. The smallest absolute Gasteiger partial charge is 0.0622 e. The zero-order valence-corrected chi connectivity index (χ0v) is 8.32. The maximum absolute atomic E-state index is 10.9. The number of hydrogen-bond donors (Lipinski definition) is 1. The molecular formula is C8H16N2OS. The Hall–Kier alpha value is -0.400. The highest BCUT2D eigenvalue weighted by atomic mass is 32.2. The molecule has 0 spiro atoms. The molecule has 0 heterocycles. The number of rotatable bonds is 7. The molecule has 0 bridgehead atoms. The monoisotopic (exact) mass is 188 g/mol. The van der Waals surface area contributed by atoms with Crippen LogP contribution in [0.15, 0.2) is 0 Å². The quantitative estimate of drug-likeness (QED) is 0.597. The molecule has 0 aliphatic rings. The van der Waals surface area contributed by atoms with Crippen molar-refractivity contribution in [2.24, 2.45) is 0 Å². The van der Waals surface area contributed by atoms with E-state index in [4.69, 9.17) is 5.26 Å². The molecular weight excluding hydrogens is 172 g/mol. The Morgan fingerprint density at radius 1 is 1.50 bits per heavy atom.